The van der Waals surface area contributed by atoms with Crippen LogP contribution in [0.25, 0.3) is 0 Å². The number of thioether (sulfide) groups is 1. The van der Waals surface area contributed by atoms with Gasteiger partial charge in [0.05, 0.1) is 0 Å². The predicted octanol–water partition coefficient (Wildman–Crippen LogP) is 4.39. The molecule has 1 unspecified atom stereocenters. The monoisotopic (exact) mass is 391 g/mol. The van der Waals surface area contributed by atoms with Crippen molar-refractivity contribution in [3.63, 3.8) is 0 Å². The standard InChI is InChI=1S/C19H16F3N3OS/c1-25-11-10-23-17(25)16(12-2-6-14(20)7-3-12)24-18(26)13-4-8-15(9-5-13)27-19(21)22/h2-11,16,19H,1H3,(H,24,26). The number of imidazole rings is 1. The van der Waals surface area contributed by atoms with Crippen LogP contribution >= 0.6 is 11.8 Å². The fourth-order valence-electron chi connectivity index (χ4n) is 2.61. The molecule has 1 amide bonds. The molecule has 0 spiro atoms. The van der Waals surface area contributed by atoms with Crippen molar-refractivity contribution in [3.05, 3.63) is 83.7 Å². The molecular weight excluding hydrogens is 375 g/mol. The van der Waals surface area contributed by atoms with E-state index in [0.717, 1.165) is 0 Å². The number of benzene rings is 2. The molecule has 3 rings (SSSR count). The Morgan fingerprint density at radius 3 is 2.33 bits per heavy atom. The molecule has 0 saturated heterocycles. The van der Waals surface area contributed by atoms with Gasteiger partial charge < -0.3 is 9.88 Å². The number of rotatable bonds is 6. The van der Waals surface area contributed by atoms with E-state index in [-0.39, 0.29) is 11.7 Å². The van der Waals surface area contributed by atoms with Crippen LogP contribution in [-0.4, -0.2) is 21.2 Å². The van der Waals surface area contributed by atoms with Gasteiger partial charge in [0.25, 0.3) is 11.7 Å². The first kappa shape index (κ1) is 19.0. The van der Waals surface area contributed by atoms with Crippen molar-refractivity contribution in [2.24, 2.45) is 7.05 Å². The summed E-state index contributed by atoms with van der Waals surface area (Å²) < 4.78 is 39.8. The van der Waals surface area contributed by atoms with Crippen LogP contribution in [0, 0.1) is 5.82 Å². The predicted molar refractivity (Wildman–Crippen MR) is 97.2 cm³/mol. The van der Waals surface area contributed by atoms with Crippen LogP contribution in [0.1, 0.15) is 27.8 Å². The Hall–Kier alpha value is -2.74. The third kappa shape index (κ3) is 4.71. The summed E-state index contributed by atoms with van der Waals surface area (Å²) in [4.78, 5) is 17.3. The Labute approximate surface area is 158 Å². The molecule has 0 bridgehead atoms. The number of nitrogens with one attached hydrogen (secondary N) is 1. The van der Waals surface area contributed by atoms with Gasteiger partial charge in [-0.2, -0.15) is 8.78 Å². The van der Waals surface area contributed by atoms with E-state index >= 15 is 0 Å². The number of halogens is 3. The first-order chi connectivity index (χ1) is 12.9. The maximum atomic E-state index is 13.3. The summed E-state index contributed by atoms with van der Waals surface area (Å²) in [5.74, 6) is -2.70. The number of carbonyl (C=O) groups excluding carboxylic acids is 1. The maximum absolute atomic E-state index is 13.3. The molecule has 4 nitrogen and oxygen atoms in total. The third-order valence-corrected chi connectivity index (χ3v) is 4.66. The summed E-state index contributed by atoms with van der Waals surface area (Å²) in [7, 11) is 1.79. The van der Waals surface area contributed by atoms with Gasteiger partial charge in [0, 0.05) is 29.9 Å². The molecule has 3 aromatic rings. The normalized spacial score (nSPS) is 12.2. The number of alkyl halides is 2. The second-order valence-corrected chi connectivity index (χ2v) is 6.82. The van der Waals surface area contributed by atoms with E-state index in [1.54, 1.807) is 36.1 Å². The molecule has 0 aliphatic carbocycles. The van der Waals surface area contributed by atoms with Gasteiger partial charge in [-0.3, -0.25) is 4.79 Å². The third-order valence-electron chi connectivity index (χ3n) is 3.94. The minimum Gasteiger partial charge on any atom is -0.338 e. The lowest BCUT2D eigenvalue weighted by Gasteiger charge is -2.19. The number of amides is 1. The van der Waals surface area contributed by atoms with Gasteiger partial charge in [-0.1, -0.05) is 23.9 Å². The molecule has 0 fully saturated rings. The van der Waals surface area contributed by atoms with E-state index in [4.69, 9.17) is 0 Å². The van der Waals surface area contributed by atoms with Crippen molar-refractivity contribution in [1.82, 2.24) is 14.9 Å². The van der Waals surface area contributed by atoms with E-state index in [0.29, 0.717) is 33.6 Å². The van der Waals surface area contributed by atoms with Crippen molar-refractivity contribution in [2.75, 3.05) is 0 Å². The van der Waals surface area contributed by atoms with Gasteiger partial charge in [0.2, 0.25) is 0 Å². The Bertz CT molecular complexity index is 911. The molecule has 140 valence electrons. The van der Waals surface area contributed by atoms with Gasteiger partial charge in [0.15, 0.2) is 0 Å². The summed E-state index contributed by atoms with van der Waals surface area (Å²) in [5.41, 5.74) is 0.999. The van der Waals surface area contributed by atoms with Crippen LogP contribution in [0.3, 0.4) is 0 Å². The Balaban J connectivity index is 1.84. The van der Waals surface area contributed by atoms with Crippen LogP contribution in [0.15, 0.2) is 65.8 Å². The first-order valence-corrected chi connectivity index (χ1v) is 8.90. The van der Waals surface area contributed by atoms with E-state index in [9.17, 15) is 18.0 Å². The second-order valence-electron chi connectivity index (χ2n) is 5.76. The Kier molecular flexibility index (Phi) is 5.85. The highest BCUT2D eigenvalue weighted by molar-refractivity contribution is 7.99. The summed E-state index contributed by atoms with van der Waals surface area (Å²) in [6.07, 6.45) is 3.35. The van der Waals surface area contributed by atoms with Crippen molar-refractivity contribution < 1.29 is 18.0 Å². The van der Waals surface area contributed by atoms with E-state index in [1.165, 1.54) is 36.4 Å². The van der Waals surface area contributed by atoms with Gasteiger partial charge in [0.1, 0.15) is 17.7 Å². The fourth-order valence-corrected chi connectivity index (χ4v) is 3.11. The number of aryl methyl sites for hydroxylation is 1. The highest BCUT2D eigenvalue weighted by atomic mass is 32.2. The number of nitrogens with zero attached hydrogens (tertiary/aromatic N) is 2. The average molecular weight is 391 g/mol. The summed E-state index contributed by atoms with van der Waals surface area (Å²) in [6, 6.07) is 11.1. The molecule has 1 N–H and O–H groups in total. The minimum atomic E-state index is -2.52. The van der Waals surface area contributed by atoms with Crippen molar-refractivity contribution in [2.45, 2.75) is 16.7 Å². The molecule has 0 aliphatic rings. The summed E-state index contributed by atoms with van der Waals surface area (Å²) >= 11 is 0.417. The highest BCUT2D eigenvalue weighted by Gasteiger charge is 2.21. The Morgan fingerprint density at radius 1 is 1.11 bits per heavy atom. The van der Waals surface area contributed by atoms with Crippen molar-refractivity contribution >= 4 is 17.7 Å². The maximum Gasteiger partial charge on any atom is 0.288 e. The van der Waals surface area contributed by atoms with Crippen LogP contribution in [0.4, 0.5) is 13.2 Å². The molecule has 8 heteroatoms. The van der Waals surface area contributed by atoms with Gasteiger partial charge in [-0.05, 0) is 42.0 Å². The zero-order valence-electron chi connectivity index (χ0n) is 14.3. The average Bonchev–Trinajstić information content (AvgIpc) is 3.06. The minimum absolute atomic E-state index is 0.329. The largest absolute Gasteiger partial charge is 0.338 e. The van der Waals surface area contributed by atoms with E-state index < -0.39 is 11.8 Å². The first-order valence-electron chi connectivity index (χ1n) is 8.02. The smallest absolute Gasteiger partial charge is 0.288 e. The van der Waals surface area contributed by atoms with Crippen molar-refractivity contribution in [1.29, 1.82) is 0 Å². The van der Waals surface area contributed by atoms with Gasteiger partial charge >= 0.3 is 0 Å². The van der Waals surface area contributed by atoms with Gasteiger partial charge in [-0.15, -0.1) is 0 Å². The second kappa shape index (κ2) is 8.30. The van der Waals surface area contributed by atoms with Crippen LogP contribution in [0.2, 0.25) is 0 Å². The Morgan fingerprint density at radius 2 is 1.78 bits per heavy atom. The molecule has 0 saturated carbocycles. The number of hydrogen-bond donors (Lipinski definition) is 1. The quantitative estimate of drug-likeness (QED) is 0.634. The van der Waals surface area contributed by atoms with Crippen LogP contribution in [0.5, 0.6) is 0 Å². The molecule has 1 atom stereocenters. The van der Waals surface area contributed by atoms with Crippen molar-refractivity contribution in [3.8, 4) is 0 Å². The molecule has 0 aliphatic heterocycles. The molecule has 2 aromatic carbocycles. The number of carbonyl (C=O) groups is 1. The lowest BCUT2D eigenvalue weighted by molar-refractivity contribution is 0.0941. The van der Waals surface area contributed by atoms with E-state index in [2.05, 4.69) is 10.3 Å². The number of aromatic nitrogens is 2. The molecule has 1 heterocycles. The molecular formula is C19H16F3N3OS. The SMILES string of the molecule is Cn1ccnc1C(NC(=O)c1ccc(SC(F)F)cc1)c1ccc(F)cc1. The summed E-state index contributed by atoms with van der Waals surface area (Å²) in [5, 5.41) is 2.87. The van der Waals surface area contributed by atoms with E-state index in [1.807, 2.05) is 0 Å². The zero-order chi connectivity index (χ0) is 19.4. The molecule has 0 radical (unpaired) electrons. The highest BCUT2D eigenvalue weighted by Crippen LogP contribution is 2.26. The lowest BCUT2D eigenvalue weighted by atomic mass is 10.1. The topological polar surface area (TPSA) is 46.9 Å². The van der Waals surface area contributed by atoms with Gasteiger partial charge in [-0.25, -0.2) is 9.37 Å². The molecule has 1 aromatic heterocycles. The number of hydrogen-bond acceptors (Lipinski definition) is 3. The van der Waals surface area contributed by atoms with Crippen LogP contribution in [-0.2, 0) is 7.05 Å². The summed E-state index contributed by atoms with van der Waals surface area (Å²) in [6.45, 7) is 0. The lowest BCUT2D eigenvalue weighted by Crippen LogP contribution is -2.31. The fraction of sp³-hybridized carbons (Fsp3) is 0.158. The zero-order valence-corrected chi connectivity index (χ0v) is 15.1. The van der Waals surface area contributed by atoms with Crippen LogP contribution < -0.4 is 5.32 Å². The molecule has 27 heavy (non-hydrogen) atoms.